The number of anilines is 1. The van der Waals surface area contributed by atoms with Crippen molar-refractivity contribution in [1.82, 2.24) is 5.43 Å². The van der Waals surface area contributed by atoms with Crippen LogP contribution >= 0.6 is 0 Å². The number of carbonyl (C=O) groups excluding carboxylic acids is 2. The van der Waals surface area contributed by atoms with Crippen molar-refractivity contribution in [2.75, 3.05) is 5.43 Å². The summed E-state index contributed by atoms with van der Waals surface area (Å²) in [6, 6.07) is 34.3. The summed E-state index contributed by atoms with van der Waals surface area (Å²) < 4.78 is 24.4. The van der Waals surface area contributed by atoms with Crippen molar-refractivity contribution >= 4 is 27.7 Å². The van der Waals surface area contributed by atoms with Gasteiger partial charge in [-0.05, 0) is 53.9 Å². The summed E-state index contributed by atoms with van der Waals surface area (Å²) >= 11 is 0. The lowest BCUT2D eigenvalue weighted by Gasteiger charge is -2.07. The molecular formula is C29H28N2O4S. The van der Waals surface area contributed by atoms with E-state index in [-0.39, 0.29) is 11.7 Å². The molecule has 184 valence electrons. The molecule has 0 aliphatic rings. The molecule has 0 fully saturated rings. The molecule has 0 spiro atoms. The standard InChI is InChI=1S/C16H16O3S.C13H12N2O/c17-12-4-5-14-8-10-15(11-9-14)13-20(18,19)16-6-2-1-3-7-16;16-13(11-7-3-1-4-8-11)15-14-12-9-5-2-6-10-12/h1-3,6-12H,4-5,13H2;1-10,14H,(H,15,16). The largest absolute Gasteiger partial charge is 0.303 e. The van der Waals surface area contributed by atoms with Gasteiger partial charge in [0, 0.05) is 12.0 Å². The summed E-state index contributed by atoms with van der Waals surface area (Å²) in [6.07, 6.45) is 2.06. The molecule has 0 bridgehead atoms. The van der Waals surface area contributed by atoms with E-state index in [1.807, 2.05) is 60.7 Å². The summed E-state index contributed by atoms with van der Waals surface area (Å²) in [5, 5.41) is 0. The first-order valence-electron chi connectivity index (χ1n) is 11.4. The van der Waals surface area contributed by atoms with Gasteiger partial charge in [-0.1, -0.05) is 78.9 Å². The number of hydrazine groups is 1. The van der Waals surface area contributed by atoms with Crippen LogP contribution < -0.4 is 10.9 Å². The number of hydrogen-bond acceptors (Lipinski definition) is 5. The Bertz CT molecular complexity index is 1330. The van der Waals surface area contributed by atoms with E-state index in [0.29, 0.717) is 23.3 Å². The highest BCUT2D eigenvalue weighted by Crippen LogP contribution is 2.17. The molecule has 0 heterocycles. The SMILES string of the molecule is O=C(NNc1ccccc1)c1ccccc1.O=CCCc1ccc(CS(=O)(=O)c2ccccc2)cc1. The van der Waals surface area contributed by atoms with Crippen LogP contribution in [-0.2, 0) is 26.8 Å². The Morgan fingerprint density at radius 3 is 1.81 bits per heavy atom. The molecule has 0 radical (unpaired) electrons. The second-order valence-corrected chi connectivity index (χ2v) is 9.89. The number of para-hydroxylation sites is 1. The zero-order valence-electron chi connectivity index (χ0n) is 19.7. The maximum Gasteiger partial charge on any atom is 0.269 e. The van der Waals surface area contributed by atoms with Crippen LogP contribution in [0.3, 0.4) is 0 Å². The van der Waals surface area contributed by atoms with E-state index in [2.05, 4.69) is 10.9 Å². The van der Waals surface area contributed by atoms with Crippen LogP contribution in [0.2, 0.25) is 0 Å². The van der Waals surface area contributed by atoms with Crippen LogP contribution in [-0.4, -0.2) is 20.6 Å². The van der Waals surface area contributed by atoms with E-state index < -0.39 is 9.84 Å². The lowest BCUT2D eigenvalue weighted by molar-refractivity contribution is -0.107. The Balaban J connectivity index is 0.000000205. The van der Waals surface area contributed by atoms with E-state index in [0.717, 1.165) is 23.1 Å². The van der Waals surface area contributed by atoms with Gasteiger partial charge in [-0.3, -0.25) is 15.6 Å². The first kappa shape index (κ1) is 26.4. The minimum atomic E-state index is -3.30. The molecule has 1 amide bonds. The number of rotatable bonds is 9. The molecule has 0 saturated heterocycles. The third kappa shape index (κ3) is 8.52. The minimum Gasteiger partial charge on any atom is -0.303 e. The van der Waals surface area contributed by atoms with Gasteiger partial charge in [0.05, 0.1) is 16.3 Å². The number of carbonyl (C=O) groups is 2. The summed E-state index contributed by atoms with van der Waals surface area (Å²) in [6.45, 7) is 0. The first-order chi connectivity index (χ1) is 17.5. The van der Waals surface area contributed by atoms with Crippen molar-refractivity contribution in [3.8, 4) is 0 Å². The van der Waals surface area contributed by atoms with Crippen LogP contribution in [0.1, 0.15) is 27.9 Å². The number of nitrogens with one attached hydrogen (secondary N) is 2. The number of sulfone groups is 1. The van der Waals surface area contributed by atoms with Crippen molar-refractivity contribution in [3.05, 3.63) is 132 Å². The molecule has 0 aliphatic heterocycles. The van der Waals surface area contributed by atoms with Crippen LogP contribution in [0, 0.1) is 0 Å². The molecule has 0 aliphatic carbocycles. The number of aryl methyl sites for hydroxylation is 1. The molecule has 36 heavy (non-hydrogen) atoms. The molecular weight excluding hydrogens is 472 g/mol. The minimum absolute atomic E-state index is 0.00895. The third-order valence-electron chi connectivity index (χ3n) is 5.16. The van der Waals surface area contributed by atoms with Gasteiger partial charge in [0.1, 0.15) is 6.29 Å². The monoisotopic (exact) mass is 500 g/mol. The Morgan fingerprint density at radius 2 is 1.22 bits per heavy atom. The van der Waals surface area contributed by atoms with E-state index >= 15 is 0 Å². The predicted octanol–water partition coefficient (Wildman–Crippen LogP) is 5.24. The topological polar surface area (TPSA) is 92.3 Å². The quantitative estimate of drug-likeness (QED) is 0.242. The Labute approximate surface area is 211 Å². The normalized spacial score (nSPS) is 10.4. The number of amides is 1. The average molecular weight is 501 g/mol. The summed E-state index contributed by atoms with van der Waals surface area (Å²) in [7, 11) is -3.30. The fourth-order valence-corrected chi connectivity index (χ4v) is 4.64. The van der Waals surface area contributed by atoms with Crippen molar-refractivity contribution in [1.29, 1.82) is 0 Å². The van der Waals surface area contributed by atoms with E-state index in [9.17, 15) is 18.0 Å². The lowest BCUT2D eigenvalue weighted by Crippen LogP contribution is -2.29. The van der Waals surface area contributed by atoms with E-state index in [4.69, 9.17) is 0 Å². The molecule has 7 heteroatoms. The Morgan fingerprint density at radius 1 is 0.694 bits per heavy atom. The number of hydrogen-bond donors (Lipinski definition) is 2. The van der Waals surface area contributed by atoms with E-state index in [1.165, 1.54) is 0 Å². The molecule has 4 rings (SSSR count). The Kier molecular flexibility index (Phi) is 9.97. The van der Waals surface area contributed by atoms with Gasteiger partial charge in [-0.25, -0.2) is 8.42 Å². The summed E-state index contributed by atoms with van der Waals surface area (Å²) in [5.41, 5.74) is 8.75. The van der Waals surface area contributed by atoms with Gasteiger partial charge >= 0.3 is 0 Å². The second-order valence-electron chi connectivity index (χ2n) is 7.91. The second kappa shape index (κ2) is 13.6. The fourth-order valence-electron chi connectivity index (χ4n) is 3.27. The maximum absolute atomic E-state index is 12.2. The van der Waals surface area contributed by atoms with Crippen LogP contribution in [0.15, 0.2) is 120 Å². The van der Waals surface area contributed by atoms with Gasteiger partial charge in [-0.15, -0.1) is 0 Å². The predicted molar refractivity (Wildman–Crippen MR) is 142 cm³/mol. The zero-order chi connectivity index (χ0) is 25.6. The van der Waals surface area contributed by atoms with Crippen LogP contribution in [0.4, 0.5) is 5.69 Å². The molecule has 6 nitrogen and oxygen atoms in total. The molecule has 4 aromatic carbocycles. The van der Waals surface area contributed by atoms with Gasteiger partial charge in [0.25, 0.3) is 5.91 Å². The highest BCUT2D eigenvalue weighted by atomic mass is 32.2. The van der Waals surface area contributed by atoms with Crippen molar-refractivity contribution < 1.29 is 18.0 Å². The van der Waals surface area contributed by atoms with E-state index in [1.54, 1.807) is 54.6 Å². The zero-order valence-corrected chi connectivity index (χ0v) is 20.5. The van der Waals surface area contributed by atoms with Crippen molar-refractivity contribution in [2.24, 2.45) is 0 Å². The maximum atomic E-state index is 12.2. The molecule has 4 aromatic rings. The summed E-state index contributed by atoms with van der Waals surface area (Å²) in [4.78, 5) is 22.3. The highest BCUT2D eigenvalue weighted by Gasteiger charge is 2.14. The molecule has 0 saturated carbocycles. The van der Waals surface area contributed by atoms with Crippen molar-refractivity contribution in [2.45, 2.75) is 23.5 Å². The molecule has 0 unspecified atom stereocenters. The average Bonchev–Trinajstić information content (AvgIpc) is 2.93. The molecule has 0 aromatic heterocycles. The molecule has 0 atom stereocenters. The number of aldehydes is 1. The highest BCUT2D eigenvalue weighted by molar-refractivity contribution is 7.90. The summed E-state index contributed by atoms with van der Waals surface area (Å²) in [5.74, 6) is -0.158. The van der Waals surface area contributed by atoms with Gasteiger partial charge in [0.2, 0.25) is 0 Å². The van der Waals surface area contributed by atoms with Crippen LogP contribution in [0.25, 0.3) is 0 Å². The fraction of sp³-hybridized carbons (Fsp3) is 0.103. The first-order valence-corrected chi connectivity index (χ1v) is 13.1. The van der Waals surface area contributed by atoms with Gasteiger partial charge in [0.15, 0.2) is 9.84 Å². The van der Waals surface area contributed by atoms with Crippen LogP contribution in [0.5, 0.6) is 0 Å². The third-order valence-corrected chi connectivity index (χ3v) is 6.87. The van der Waals surface area contributed by atoms with Gasteiger partial charge < -0.3 is 4.79 Å². The molecule has 2 N–H and O–H groups in total. The lowest BCUT2D eigenvalue weighted by atomic mass is 10.1. The van der Waals surface area contributed by atoms with Gasteiger partial charge in [-0.2, -0.15) is 0 Å². The number of benzene rings is 4. The Hall–Kier alpha value is -4.23. The smallest absolute Gasteiger partial charge is 0.269 e. The van der Waals surface area contributed by atoms with Crippen molar-refractivity contribution in [3.63, 3.8) is 0 Å².